The van der Waals surface area contributed by atoms with Crippen LogP contribution in [-0.4, -0.2) is 17.5 Å². The molecule has 0 heterocycles. The second kappa shape index (κ2) is 24.2. The number of unbranched alkanes of at least 4 members (excludes halogenated alkanes) is 13. The molecule has 3 aromatic carbocycles. The van der Waals surface area contributed by atoms with Gasteiger partial charge in [-0.25, -0.2) is 4.79 Å². The predicted octanol–water partition coefficient (Wildman–Crippen LogP) is 18.5. The first-order valence-electron chi connectivity index (χ1n) is 25.9. The molecule has 1 atom stereocenters. The van der Waals surface area contributed by atoms with Gasteiger partial charge in [0.25, 0.3) is 0 Å². The van der Waals surface area contributed by atoms with Crippen LogP contribution in [0.5, 0.6) is 5.75 Å². The molecule has 0 spiro atoms. The van der Waals surface area contributed by atoms with Crippen molar-refractivity contribution in [1.82, 2.24) is 0 Å². The Balaban J connectivity index is 1.95. The third kappa shape index (κ3) is 17.7. The minimum atomic E-state index is -2.49. The average molecular weight is 929 g/mol. The number of benzene rings is 3. The summed E-state index contributed by atoms with van der Waals surface area (Å²) in [6.07, 6.45) is 17.3. The Kier molecular flexibility index (Phi) is 21.1. The van der Waals surface area contributed by atoms with Crippen LogP contribution in [0.2, 0.25) is 0 Å². The summed E-state index contributed by atoms with van der Waals surface area (Å²) in [5.74, 6) is 0.237. The zero-order valence-electron chi connectivity index (χ0n) is 45.8. The lowest BCUT2D eigenvalue weighted by Gasteiger charge is -2.35. The van der Waals surface area contributed by atoms with Gasteiger partial charge in [-0.15, -0.1) is 0 Å². The molecular weight excluding hydrogens is 832 g/mol. The fourth-order valence-electron chi connectivity index (χ4n) is 8.78. The lowest BCUT2D eigenvalue weighted by molar-refractivity contribution is 0.0497. The van der Waals surface area contributed by atoms with Crippen molar-refractivity contribution in [2.75, 3.05) is 6.61 Å². The fourth-order valence-corrected chi connectivity index (χ4v) is 9.58. The van der Waals surface area contributed by atoms with Crippen molar-refractivity contribution >= 4 is 14.6 Å². The summed E-state index contributed by atoms with van der Waals surface area (Å²) >= 11 is 0. The monoisotopic (exact) mass is 929 g/mol. The van der Waals surface area contributed by atoms with Gasteiger partial charge < -0.3 is 14.2 Å². The summed E-state index contributed by atoms with van der Waals surface area (Å²) in [5, 5.41) is 0. The third-order valence-corrected chi connectivity index (χ3v) is 13.8. The summed E-state index contributed by atoms with van der Waals surface area (Å²) < 4.78 is 19.7. The summed E-state index contributed by atoms with van der Waals surface area (Å²) in [4.78, 5) is 26.1. The van der Waals surface area contributed by atoms with Gasteiger partial charge in [-0.2, -0.15) is 0 Å². The maximum absolute atomic E-state index is 13.8. The first kappa shape index (κ1) is 57.6. The zero-order chi connectivity index (χ0) is 49.9. The zero-order valence-corrected chi connectivity index (χ0v) is 46.7. The van der Waals surface area contributed by atoms with E-state index < -0.39 is 25.5 Å². The molecule has 0 radical (unpaired) electrons. The Hall–Kier alpha value is -2.72. The maximum Gasteiger partial charge on any atom is 0.395 e. The van der Waals surface area contributed by atoms with Crippen LogP contribution < -0.4 is 4.52 Å². The van der Waals surface area contributed by atoms with Crippen LogP contribution in [0.25, 0.3) is 0 Å². The van der Waals surface area contributed by atoms with E-state index in [1.807, 2.05) is 12.1 Å². The minimum Gasteiger partial charge on any atom is -0.462 e. The number of hydrogen-bond acceptors (Lipinski definition) is 5. The second-order valence-electron chi connectivity index (χ2n) is 25.6. The second-order valence-corrected chi connectivity index (χ2v) is 26.4. The Morgan fingerprint density at radius 3 is 1.17 bits per heavy atom. The van der Waals surface area contributed by atoms with Gasteiger partial charge in [0.1, 0.15) is 11.9 Å². The molecule has 372 valence electrons. The van der Waals surface area contributed by atoms with E-state index in [-0.39, 0.29) is 27.6 Å². The van der Waals surface area contributed by atoms with Gasteiger partial charge in [-0.3, -0.25) is 4.52 Å². The highest BCUT2D eigenvalue weighted by molar-refractivity contribution is 7.41. The molecule has 6 heteroatoms. The fraction of sp³-hybridized carbons (Fsp3) is 0.683. The van der Waals surface area contributed by atoms with E-state index >= 15 is 0 Å². The van der Waals surface area contributed by atoms with E-state index in [4.69, 9.17) is 13.8 Å². The van der Waals surface area contributed by atoms with Crippen LogP contribution >= 0.6 is 8.60 Å². The van der Waals surface area contributed by atoms with Gasteiger partial charge in [0, 0.05) is 11.1 Å². The quantitative estimate of drug-likeness (QED) is 0.0618. The number of ether oxygens (including phenoxy) is 1. The molecule has 1 unspecified atom stereocenters. The highest BCUT2D eigenvalue weighted by atomic mass is 31.2. The predicted molar refractivity (Wildman–Crippen MR) is 285 cm³/mol. The van der Waals surface area contributed by atoms with E-state index in [1.165, 1.54) is 99.3 Å². The third-order valence-electron chi connectivity index (χ3n) is 13.1. The van der Waals surface area contributed by atoms with Crippen LogP contribution in [0.15, 0.2) is 48.5 Å². The topological polar surface area (TPSA) is 65.0 Å². The van der Waals surface area contributed by atoms with Crippen molar-refractivity contribution < 1.29 is 23.5 Å². The lowest BCUT2D eigenvalue weighted by atomic mass is 9.74. The summed E-state index contributed by atoms with van der Waals surface area (Å²) in [6, 6.07) is 17.3. The van der Waals surface area contributed by atoms with Crippen LogP contribution in [0.1, 0.15) is 282 Å². The van der Waals surface area contributed by atoms with E-state index in [9.17, 15) is 9.69 Å². The van der Waals surface area contributed by atoms with Gasteiger partial charge in [-0.1, -0.05) is 251 Å². The van der Waals surface area contributed by atoms with Crippen molar-refractivity contribution in [1.29, 1.82) is 0 Å². The van der Waals surface area contributed by atoms with Crippen molar-refractivity contribution in [3.8, 4) is 5.75 Å². The van der Waals surface area contributed by atoms with Gasteiger partial charge in [0.2, 0.25) is 0 Å². The Morgan fingerprint density at radius 2 is 0.833 bits per heavy atom. The number of hydrogen-bond donors (Lipinski definition) is 1. The van der Waals surface area contributed by atoms with Crippen molar-refractivity contribution in [3.05, 3.63) is 98.6 Å². The molecule has 66 heavy (non-hydrogen) atoms. The van der Waals surface area contributed by atoms with E-state index in [0.717, 1.165) is 35.1 Å². The molecule has 0 aromatic heterocycles. The molecule has 5 nitrogen and oxygen atoms in total. The van der Waals surface area contributed by atoms with E-state index in [1.54, 1.807) is 0 Å². The smallest absolute Gasteiger partial charge is 0.395 e. The minimum absolute atomic E-state index is 0.0518. The summed E-state index contributed by atoms with van der Waals surface area (Å²) in [6.45, 7) is 42.4. The standard InChI is InChI=1S/C60H97O5P/c1-20-21-22-23-24-25-26-27-28-29-30-31-32-33-38-63-54(61)43-39-50(59(14,15)16)53(51(40-43)60(17,18)19)65-66(62)64-52(46-36-34-44(55(2,3)4)41-48(46)57(8,9)10)47-37-35-45(56(5,6)7)42-49(47)58(11,12)13/h34-37,39-42,52,62H,20-33,38H2,1-19H3. The number of carbonyl (C=O) groups is 1. The van der Waals surface area contributed by atoms with Crippen molar-refractivity contribution in [2.45, 2.75) is 260 Å². The van der Waals surface area contributed by atoms with Gasteiger partial charge >= 0.3 is 14.6 Å². The first-order valence-corrected chi connectivity index (χ1v) is 27.0. The molecule has 0 bridgehead atoms. The summed E-state index contributed by atoms with van der Waals surface area (Å²) in [7, 11) is -2.49. The normalized spacial score (nSPS) is 13.7. The molecule has 0 aliphatic carbocycles. The van der Waals surface area contributed by atoms with Crippen LogP contribution in [0.4, 0.5) is 0 Å². The highest BCUT2D eigenvalue weighted by Crippen LogP contribution is 2.52. The lowest BCUT2D eigenvalue weighted by Crippen LogP contribution is -2.24. The molecule has 0 fully saturated rings. The van der Waals surface area contributed by atoms with Gasteiger partial charge in [0.05, 0.1) is 12.2 Å². The van der Waals surface area contributed by atoms with E-state index in [0.29, 0.717) is 17.9 Å². The van der Waals surface area contributed by atoms with Crippen molar-refractivity contribution in [3.63, 3.8) is 0 Å². The van der Waals surface area contributed by atoms with Gasteiger partial charge in [-0.05, 0) is 84.4 Å². The van der Waals surface area contributed by atoms with E-state index in [2.05, 4.69) is 168 Å². The molecule has 0 aliphatic heterocycles. The van der Waals surface area contributed by atoms with Crippen molar-refractivity contribution in [2.24, 2.45) is 0 Å². The molecule has 1 N–H and O–H groups in total. The highest BCUT2D eigenvalue weighted by Gasteiger charge is 2.36. The van der Waals surface area contributed by atoms with Gasteiger partial charge in [0.15, 0.2) is 0 Å². The number of rotatable bonds is 22. The average Bonchev–Trinajstić information content (AvgIpc) is 3.18. The Bertz CT molecular complexity index is 1860. The van der Waals surface area contributed by atoms with Crippen LogP contribution in [0.3, 0.4) is 0 Å². The Morgan fingerprint density at radius 1 is 0.485 bits per heavy atom. The SMILES string of the molecule is CCCCCCCCCCCCCCCCOC(=O)c1cc(C(C)(C)C)c(OP(O)OC(c2ccc(C(C)(C)C)cc2C(C)(C)C)c2ccc(C(C)(C)C)cc2C(C)(C)C)c(C(C)(C)C)c1. The molecule has 0 aliphatic rings. The first-order chi connectivity index (χ1) is 30.4. The number of esters is 1. The van der Waals surface area contributed by atoms with Crippen LogP contribution in [-0.2, 0) is 41.8 Å². The molecule has 0 amide bonds. The number of carbonyl (C=O) groups excluding carboxylic acids is 1. The molecular formula is C60H97O5P. The molecule has 3 rings (SSSR count). The largest absolute Gasteiger partial charge is 0.462 e. The summed E-state index contributed by atoms with van der Waals surface area (Å²) in [5.41, 5.74) is 7.62. The molecule has 0 saturated heterocycles. The maximum atomic E-state index is 13.8. The Labute approximate surface area is 407 Å². The molecule has 3 aromatic rings. The molecule has 0 saturated carbocycles. The van der Waals surface area contributed by atoms with Crippen LogP contribution in [0, 0.1) is 0 Å².